The van der Waals surface area contributed by atoms with Gasteiger partial charge >= 0.3 is 5.97 Å². The molecule has 4 aliphatic rings. The molecule has 0 saturated heterocycles. The number of carboxylic acids is 1. The minimum absolute atomic E-state index is 0.176. The zero-order valence-corrected chi connectivity index (χ0v) is 11.3. The first-order chi connectivity index (χ1) is 8.55. The standard InChI is InChI=1S/C16H24O2/c1-11(4-15(17)18)2-3-16-8-12-5-13(9-16)7-14(6-12)10-16/h2-3,11-14H,4-10H2,1H3,(H,17,18)/b3-2-. The van der Waals surface area contributed by atoms with Crippen molar-refractivity contribution in [2.45, 2.75) is 51.9 Å². The molecule has 2 nitrogen and oxygen atoms in total. The van der Waals surface area contributed by atoms with Crippen LogP contribution in [0, 0.1) is 29.1 Å². The normalized spacial score (nSPS) is 43.5. The quantitative estimate of drug-likeness (QED) is 0.767. The van der Waals surface area contributed by atoms with E-state index in [-0.39, 0.29) is 12.3 Å². The molecule has 4 rings (SSSR count). The maximum atomic E-state index is 10.7. The van der Waals surface area contributed by atoms with E-state index in [1.165, 1.54) is 38.5 Å². The minimum Gasteiger partial charge on any atom is -0.481 e. The molecule has 100 valence electrons. The Balaban J connectivity index is 1.68. The molecule has 1 N–H and O–H groups in total. The highest BCUT2D eigenvalue weighted by Crippen LogP contribution is 2.60. The summed E-state index contributed by atoms with van der Waals surface area (Å²) in [6.45, 7) is 2.02. The fraction of sp³-hybridized carbons (Fsp3) is 0.812. The van der Waals surface area contributed by atoms with Crippen LogP contribution in [0.1, 0.15) is 51.9 Å². The van der Waals surface area contributed by atoms with Crippen LogP contribution in [-0.2, 0) is 4.79 Å². The van der Waals surface area contributed by atoms with Crippen LogP contribution in [0.25, 0.3) is 0 Å². The van der Waals surface area contributed by atoms with Gasteiger partial charge in [0.2, 0.25) is 0 Å². The molecule has 2 heteroatoms. The predicted octanol–water partition coefficient (Wildman–Crippen LogP) is 3.87. The second-order valence-electron chi connectivity index (χ2n) is 7.21. The van der Waals surface area contributed by atoms with Crippen LogP contribution in [0.3, 0.4) is 0 Å². The Kier molecular flexibility index (Phi) is 2.99. The molecule has 0 aliphatic heterocycles. The first-order valence-electron chi connectivity index (χ1n) is 7.46. The van der Waals surface area contributed by atoms with Gasteiger partial charge < -0.3 is 5.11 Å². The smallest absolute Gasteiger partial charge is 0.303 e. The Hall–Kier alpha value is -0.790. The van der Waals surface area contributed by atoms with E-state index in [1.54, 1.807) is 0 Å². The average molecular weight is 248 g/mol. The molecule has 0 aromatic carbocycles. The molecule has 4 fully saturated rings. The van der Waals surface area contributed by atoms with Gasteiger partial charge in [-0.3, -0.25) is 4.79 Å². The molecule has 4 bridgehead atoms. The van der Waals surface area contributed by atoms with Crippen molar-refractivity contribution in [3.63, 3.8) is 0 Å². The molecule has 18 heavy (non-hydrogen) atoms. The fourth-order valence-electron chi connectivity index (χ4n) is 5.09. The number of hydrogen-bond donors (Lipinski definition) is 1. The Morgan fingerprint density at radius 1 is 1.22 bits per heavy atom. The summed E-state index contributed by atoms with van der Waals surface area (Å²) in [6, 6.07) is 0. The topological polar surface area (TPSA) is 37.3 Å². The van der Waals surface area contributed by atoms with E-state index in [4.69, 9.17) is 5.11 Å². The summed E-state index contributed by atoms with van der Waals surface area (Å²) in [5.41, 5.74) is 0.446. The number of hydrogen-bond acceptors (Lipinski definition) is 1. The molecule has 1 unspecified atom stereocenters. The van der Waals surface area contributed by atoms with Gasteiger partial charge in [0.25, 0.3) is 0 Å². The summed E-state index contributed by atoms with van der Waals surface area (Å²) in [4.78, 5) is 10.7. The highest BCUT2D eigenvalue weighted by molar-refractivity contribution is 5.67. The summed E-state index contributed by atoms with van der Waals surface area (Å²) in [6.07, 6.45) is 13.4. The van der Waals surface area contributed by atoms with Crippen LogP contribution in [0.15, 0.2) is 12.2 Å². The van der Waals surface area contributed by atoms with Gasteiger partial charge in [0.1, 0.15) is 0 Å². The molecule has 0 aromatic heterocycles. The van der Waals surface area contributed by atoms with E-state index in [0.717, 1.165) is 17.8 Å². The second-order valence-corrected chi connectivity index (χ2v) is 7.21. The Morgan fingerprint density at radius 2 is 1.72 bits per heavy atom. The van der Waals surface area contributed by atoms with Crippen LogP contribution < -0.4 is 0 Å². The van der Waals surface area contributed by atoms with Gasteiger partial charge in [-0.2, -0.15) is 0 Å². The maximum Gasteiger partial charge on any atom is 0.303 e. The van der Waals surface area contributed by atoms with Crippen molar-refractivity contribution >= 4 is 5.97 Å². The third kappa shape index (κ3) is 2.34. The summed E-state index contributed by atoms with van der Waals surface area (Å²) in [7, 11) is 0. The summed E-state index contributed by atoms with van der Waals surface area (Å²) >= 11 is 0. The largest absolute Gasteiger partial charge is 0.481 e. The van der Waals surface area contributed by atoms with Crippen LogP contribution in [-0.4, -0.2) is 11.1 Å². The lowest BCUT2D eigenvalue weighted by Gasteiger charge is -2.56. The average Bonchev–Trinajstić information content (AvgIpc) is 2.23. The molecule has 0 radical (unpaired) electrons. The molecule has 4 aliphatic carbocycles. The summed E-state index contributed by atoms with van der Waals surface area (Å²) in [5.74, 6) is 2.40. The zero-order valence-electron chi connectivity index (χ0n) is 11.3. The van der Waals surface area contributed by atoms with Gasteiger partial charge in [0.15, 0.2) is 0 Å². The molecule has 1 atom stereocenters. The second kappa shape index (κ2) is 4.40. The Labute approximate surface area is 109 Å². The van der Waals surface area contributed by atoms with E-state index >= 15 is 0 Å². The van der Waals surface area contributed by atoms with Gasteiger partial charge in [-0.25, -0.2) is 0 Å². The number of carboxylic acid groups (broad SMARTS) is 1. The number of carbonyl (C=O) groups is 1. The van der Waals surface area contributed by atoms with Crippen molar-refractivity contribution in [1.82, 2.24) is 0 Å². The molecule has 0 spiro atoms. The van der Waals surface area contributed by atoms with E-state index < -0.39 is 5.97 Å². The van der Waals surface area contributed by atoms with Gasteiger partial charge in [-0.15, -0.1) is 0 Å². The van der Waals surface area contributed by atoms with Crippen LogP contribution in [0.2, 0.25) is 0 Å². The Morgan fingerprint density at radius 3 is 2.17 bits per heavy atom. The lowest BCUT2D eigenvalue weighted by atomic mass is 9.49. The molecular weight excluding hydrogens is 224 g/mol. The van der Waals surface area contributed by atoms with Crippen molar-refractivity contribution < 1.29 is 9.90 Å². The first kappa shape index (κ1) is 12.3. The van der Waals surface area contributed by atoms with Gasteiger partial charge in [-0.05, 0) is 67.6 Å². The number of aliphatic carboxylic acids is 1. The number of allylic oxidation sites excluding steroid dienone is 2. The molecular formula is C16H24O2. The summed E-state index contributed by atoms with van der Waals surface area (Å²) < 4.78 is 0. The SMILES string of the molecule is CC(/C=C\C12CC3CC(CC(C3)C1)C2)CC(=O)O. The van der Waals surface area contributed by atoms with E-state index in [0.29, 0.717) is 5.41 Å². The third-order valence-corrected chi connectivity index (χ3v) is 5.36. The molecule has 4 saturated carbocycles. The van der Waals surface area contributed by atoms with Crippen molar-refractivity contribution in [2.75, 3.05) is 0 Å². The summed E-state index contributed by atoms with van der Waals surface area (Å²) in [5, 5.41) is 8.81. The number of rotatable bonds is 4. The highest BCUT2D eigenvalue weighted by Gasteiger charge is 2.49. The molecule has 0 aromatic rings. The highest BCUT2D eigenvalue weighted by atomic mass is 16.4. The minimum atomic E-state index is -0.683. The van der Waals surface area contributed by atoms with Crippen molar-refractivity contribution in [3.05, 3.63) is 12.2 Å². The van der Waals surface area contributed by atoms with Crippen LogP contribution in [0.4, 0.5) is 0 Å². The van der Waals surface area contributed by atoms with Gasteiger partial charge in [0.05, 0.1) is 6.42 Å². The van der Waals surface area contributed by atoms with Gasteiger partial charge in [0, 0.05) is 0 Å². The van der Waals surface area contributed by atoms with Crippen LogP contribution in [0.5, 0.6) is 0 Å². The lowest BCUT2D eigenvalue weighted by Crippen LogP contribution is -2.45. The van der Waals surface area contributed by atoms with Crippen molar-refractivity contribution in [3.8, 4) is 0 Å². The lowest BCUT2D eigenvalue weighted by molar-refractivity contribution is -0.137. The Bertz CT molecular complexity index is 334. The maximum absolute atomic E-state index is 10.7. The van der Waals surface area contributed by atoms with Crippen molar-refractivity contribution in [1.29, 1.82) is 0 Å². The van der Waals surface area contributed by atoms with E-state index in [2.05, 4.69) is 12.2 Å². The van der Waals surface area contributed by atoms with Gasteiger partial charge in [-0.1, -0.05) is 19.1 Å². The third-order valence-electron chi connectivity index (χ3n) is 5.36. The predicted molar refractivity (Wildman–Crippen MR) is 71.2 cm³/mol. The van der Waals surface area contributed by atoms with E-state index in [1.807, 2.05) is 6.92 Å². The first-order valence-corrected chi connectivity index (χ1v) is 7.46. The molecule has 0 heterocycles. The van der Waals surface area contributed by atoms with E-state index in [9.17, 15) is 4.79 Å². The van der Waals surface area contributed by atoms with Crippen molar-refractivity contribution in [2.24, 2.45) is 29.1 Å². The monoisotopic (exact) mass is 248 g/mol. The van der Waals surface area contributed by atoms with Crippen LogP contribution >= 0.6 is 0 Å². The zero-order chi connectivity index (χ0) is 12.8. The molecule has 0 amide bonds. The fourth-order valence-corrected chi connectivity index (χ4v) is 5.09.